The Morgan fingerprint density at radius 1 is 1.10 bits per heavy atom. The van der Waals surface area contributed by atoms with Crippen LogP contribution in [0.3, 0.4) is 0 Å². The van der Waals surface area contributed by atoms with E-state index in [1.165, 1.54) is 9.80 Å². The van der Waals surface area contributed by atoms with Crippen LogP contribution in [0.5, 0.6) is 0 Å². The molecule has 1 aliphatic carbocycles. The van der Waals surface area contributed by atoms with Crippen molar-refractivity contribution in [2.24, 2.45) is 5.41 Å². The van der Waals surface area contributed by atoms with Gasteiger partial charge in [-0.25, -0.2) is 4.79 Å². The third-order valence-electron chi connectivity index (χ3n) is 5.76. The highest BCUT2D eigenvalue weighted by molar-refractivity contribution is 5.87. The number of carbonyl (C=O) groups excluding carboxylic acids is 2. The molecular formula is C22H29F3N2O3. The van der Waals surface area contributed by atoms with Gasteiger partial charge in [0.1, 0.15) is 11.0 Å². The predicted octanol–water partition coefficient (Wildman–Crippen LogP) is 4.85. The summed E-state index contributed by atoms with van der Waals surface area (Å²) in [5.41, 5.74) is -1.25. The maximum atomic E-state index is 13.6. The quantitative estimate of drug-likeness (QED) is 0.680. The summed E-state index contributed by atoms with van der Waals surface area (Å²) in [4.78, 5) is 28.7. The molecule has 0 aromatic heterocycles. The van der Waals surface area contributed by atoms with Crippen molar-refractivity contribution in [1.29, 1.82) is 0 Å². The van der Waals surface area contributed by atoms with Gasteiger partial charge in [0.15, 0.2) is 0 Å². The van der Waals surface area contributed by atoms with Crippen LogP contribution >= 0.6 is 0 Å². The molecule has 0 spiro atoms. The van der Waals surface area contributed by atoms with Crippen molar-refractivity contribution in [1.82, 2.24) is 9.80 Å². The fourth-order valence-corrected chi connectivity index (χ4v) is 3.96. The molecule has 1 saturated carbocycles. The van der Waals surface area contributed by atoms with E-state index in [4.69, 9.17) is 4.74 Å². The minimum absolute atomic E-state index is 0.000522. The molecule has 1 unspecified atom stereocenters. The van der Waals surface area contributed by atoms with Gasteiger partial charge in [0.05, 0.1) is 6.04 Å². The summed E-state index contributed by atoms with van der Waals surface area (Å²) < 4.78 is 46.2. The largest absolute Gasteiger partial charge is 0.444 e. The minimum Gasteiger partial charge on any atom is -0.444 e. The molecule has 1 aromatic rings. The number of alkyl halides is 3. The number of piperazine rings is 1. The average molecular weight is 426 g/mol. The zero-order valence-electron chi connectivity index (χ0n) is 18.0. The predicted molar refractivity (Wildman–Crippen MR) is 106 cm³/mol. The van der Waals surface area contributed by atoms with Crippen molar-refractivity contribution in [3.8, 4) is 0 Å². The second kappa shape index (κ2) is 7.46. The Labute approximate surface area is 175 Å². The number of nitrogens with zero attached hydrogens (tertiary/aromatic N) is 2. The van der Waals surface area contributed by atoms with E-state index in [-0.39, 0.29) is 25.9 Å². The molecule has 1 heterocycles. The topological polar surface area (TPSA) is 49.9 Å². The molecule has 0 radical (unpaired) electrons. The number of aryl methyl sites for hydroxylation is 1. The average Bonchev–Trinajstić information content (AvgIpc) is 3.41. The molecule has 166 valence electrons. The fraction of sp³-hybridized carbons (Fsp3) is 0.636. The molecule has 2 fully saturated rings. The summed E-state index contributed by atoms with van der Waals surface area (Å²) in [6.45, 7) is 8.96. The molecule has 0 bridgehead atoms. The van der Waals surface area contributed by atoms with Gasteiger partial charge in [-0.1, -0.05) is 29.8 Å². The molecule has 3 rings (SSSR count). The number of rotatable bonds is 2. The van der Waals surface area contributed by atoms with E-state index in [9.17, 15) is 22.8 Å². The van der Waals surface area contributed by atoms with Crippen molar-refractivity contribution >= 4 is 12.0 Å². The lowest BCUT2D eigenvalue weighted by molar-refractivity contribution is -0.201. The van der Waals surface area contributed by atoms with E-state index in [0.717, 1.165) is 11.1 Å². The number of benzene rings is 1. The molecule has 2 atom stereocenters. The van der Waals surface area contributed by atoms with Crippen molar-refractivity contribution in [2.75, 3.05) is 13.1 Å². The molecule has 30 heavy (non-hydrogen) atoms. The van der Waals surface area contributed by atoms with Gasteiger partial charge in [-0.05, 0) is 53.0 Å². The Hall–Kier alpha value is -2.25. The lowest BCUT2D eigenvalue weighted by Gasteiger charge is -2.46. The first-order valence-electron chi connectivity index (χ1n) is 10.2. The van der Waals surface area contributed by atoms with Crippen LogP contribution in [0.4, 0.5) is 18.0 Å². The molecule has 2 amide bonds. The van der Waals surface area contributed by atoms with Crippen LogP contribution < -0.4 is 0 Å². The lowest BCUT2D eigenvalue weighted by atomic mass is 9.96. The second-order valence-electron chi connectivity index (χ2n) is 9.45. The second-order valence-corrected chi connectivity index (χ2v) is 9.45. The SMILES string of the molecule is Cc1cccc(C2CN(C(=O)C3(C(F)(F)F)CC3)[C@H](C)CN2C(=O)OC(C)(C)C)c1. The summed E-state index contributed by atoms with van der Waals surface area (Å²) in [5, 5.41) is 0. The van der Waals surface area contributed by atoms with E-state index in [1.54, 1.807) is 27.7 Å². The minimum atomic E-state index is -4.56. The smallest absolute Gasteiger partial charge is 0.410 e. The van der Waals surface area contributed by atoms with Gasteiger partial charge in [-0.2, -0.15) is 13.2 Å². The number of hydrogen-bond acceptors (Lipinski definition) is 3. The Morgan fingerprint density at radius 2 is 1.73 bits per heavy atom. The number of ether oxygens (including phenoxy) is 1. The van der Waals surface area contributed by atoms with Crippen LogP contribution in [0.25, 0.3) is 0 Å². The summed E-state index contributed by atoms with van der Waals surface area (Å²) >= 11 is 0. The van der Waals surface area contributed by atoms with Gasteiger partial charge in [0, 0.05) is 19.1 Å². The Balaban J connectivity index is 1.93. The normalized spacial score (nSPS) is 23.9. The Bertz CT molecular complexity index is 828. The number of halogens is 3. The molecule has 1 saturated heterocycles. The first-order chi connectivity index (χ1) is 13.7. The van der Waals surface area contributed by atoms with Gasteiger partial charge in [0.2, 0.25) is 5.91 Å². The first-order valence-corrected chi connectivity index (χ1v) is 10.2. The van der Waals surface area contributed by atoms with Gasteiger partial charge >= 0.3 is 12.3 Å². The zero-order chi connectivity index (χ0) is 22.5. The highest BCUT2D eigenvalue weighted by Gasteiger charge is 2.70. The molecular weight excluding hydrogens is 397 g/mol. The number of amides is 2. The summed E-state index contributed by atoms with van der Waals surface area (Å²) in [5.74, 6) is -0.885. The van der Waals surface area contributed by atoms with Crippen molar-refractivity contribution in [3.05, 3.63) is 35.4 Å². The fourth-order valence-electron chi connectivity index (χ4n) is 3.96. The van der Waals surface area contributed by atoms with Crippen LogP contribution in [-0.2, 0) is 9.53 Å². The Kier molecular flexibility index (Phi) is 5.58. The van der Waals surface area contributed by atoms with E-state index in [0.29, 0.717) is 0 Å². The van der Waals surface area contributed by atoms with Gasteiger partial charge < -0.3 is 9.64 Å². The van der Waals surface area contributed by atoms with Crippen LogP contribution in [-0.4, -0.2) is 52.7 Å². The van der Waals surface area contributed by atoms with E-state index in [2.05, 4.69) is 0 Å². The maximum Gasteiger partial charge on any atom is 0.410 e. The highest BCUT2D eigenvalue weighted by atomic mass is 19.4. The van der Waals surface area contributed by atoms with Crippen molar-refractivity contribution < 1.29 is 27.5 Å². The summed E-state index contributed by atoms with van der Waals surface area (Å²) in [7, 11) is 0. The van der Waals surface area contributed by atoms with Gasteiger partial charge in [0.25, 0.3) is 0 Å². The lowest BCUT2D eigenvalue weighted by Crippen LogP contribution is -2.59. The van der Waals surface area contributed by atoms with Gasteiger partial charge in [-0.15, -0.1) is 0 Å². The first kappa shape index (κ1) is 22.4. The summed E-state index contributed by atoms with van der Waals surface area (Å²) in [6.07, 6.45) is -5.46. The number of carbonyl (C=O) groups is 2. The molecule has 0 N–H and O–H groups in total. The van der Waals surface area contributed by atoms with E-state index >= 15 is 0 Å². The Morgan fingerprint density at radius 3 is 2.23 bits per heavy atom. The van der Waals surface area contributed by atoms with Crippen LogP contribution in [0, 0.1) is 12.3 Å². The molecule has 5 nitrogen and oxygen atoms in total. The van der Waals surface area contributed by atoms with Crippen LogP contribution in [0.2, 0.25) is 0 Å². The van der Waals surface area contributed by atoms with Crippen LogP contribution in [0.1, 0.15) is 57.7 Å². The molecule has 8 heteroatoms. The molecule has 1 aromatic carbocycles. The van der Waals surface area contributed by atoms with Crippen molar-refractivity contribution in [3.63, 3.8) is 0 Å². The highest BCUT2D eigenvalue weighted by Crippen LogP contribution is 2.59. The maximum absolute atomic E-state index is 13.6. The van der Waals surface area contributed by atoms with Gasteiger partial charge in [-0.3, -0.25) is 9.69 Å². The number of hydrogen-bond donors (Lipinski definition) is 0. The third kappa shape index (κ3) is 4.27. The third-order valence-corrected chi connectivity index (χ3v) is 5.76. The molecule has 2 aliphatic rings. The van der Waals surface area contributed by atoms with E-state index in [1.807, 2.05) is 31.2 Å². The van der Waals surface area contributed by atoms with Crippen molar-refractivity contribution in [2.45, 2.75) is 71.3 Å². The van der Waals surface area contributed by atoms with E-state index < -0.39 is 41.3 Å². The monoisotopic (exact) mass is 426 g/mol. The summed E-state index contributed by atoms with van der Waals surface area (Å²) in [6, 6.07) is 6.32. The van der Waals surface area contributed by atoms with Crippen LogP contribution in [0.15, 0.2) is 24.3 Å². The zero-order valence-corrected chi connectivity index (χ0v) is 18.0. The molecule has 1 aliphatic heterocycles. The standard InChI is InChI=1S/C22H29F3N2O3/c1-14-7-6-8-16(11-14)17-13-26(18(28)21(9-10-21)22(23,24)25)15(2)12-27(17)19(29)30-20(3,4)5/h6-8,11,15,17H,9-10,12-13H2,1-5H3/t15-,17?/m1/s1.